The third-order valence-electron chi connectivity index (χ3n) is 3.70. The van der Waals surface area contributed by atoms with Crippen molar-refractivity contribution in [3.63, 3.8) is 0 Å². The van der Waals surface area contributed by atoms with Crippen molar-refractivity contribution >= 4 is 49.9 Å². The second kappa shape index (κ2) is 9.88. The number of carbonyl (C=O) groups is 1. The highest BCUT2D eigenvalue weighted by molar-refractivity contribution is 9.10. The Bertz CT molecular complexity index is 899. The summed E-state index contributed by atoms with van der Waals surface area (Å²) < 4.78 is 6.62. The highest BCUT2D eigenvalue weighted by Gasteiger charge is 2.08. The van der Waals surface area contributed by atoms with E-state index in [1.807, 2.05) is 48.5 Å². The van der Waals surface area contributed by atoms with Crippen LogP contribution in [0, 0.1) is 0 Å². The molecule has 1 N–H and O–H groups in total. The Morgan fingerprint density at radius 1 is 1.22 bits per heavy atom. The minimum absolute atomic E-state index is 0.0574. The zero-order chi connectivity index (χ0) is 19.1. The fourth-order valence-corrected chi connectivity index (χ4v) is 3.77. The Hall–Kier alpha value is -1.89. The lowest BCUT2D eigenvalue weighted by atomic mass is 10.1. The van der Waals surface area contributed by atoms with Gasteiger partial charge < -0.3 is 10.1 Å². The molecule has 0 atom stereocenters. The molecule has 0 saturated carbocycles. The van der Waals surface area contributed by atoms with E-state index in [4.69, 9.17) is 16.3 Å². The van der Waals surface area contributed by atoms with Crippen LogP contribution in [-0.4, -0.2) is 17.5 Å². The fraction of sp³-hybridized carbons (Fsp3) is 0.200. The van der Waals surface area contributed by atoms with Crippen LogP contribution < -0.4 is 10.1 Å². The average molecular weight is 466 g/mol. The van der Waals surface area contributed by atoms with E-state index in [1.165, 1.54) is 11.3 Å². The van der Waals surface area contributed by atoms with E-state index in [0.29, 0.717) is 24.6 Å². The number of hydrogen-bond donors (Lipinski definition) is 1. The zero-order valence-corrected chi connectivity index (χ0v) is 17.6. The largest absolute Gasteiger partial charge is 0.494 e. The molecule has 4 nitrogen and oxygen atoms in total. The molecule has 2 aromatic carbocycles. The van der Waals surface area contributed by atoms with Crippen LogP contribution in [0.2, 0.25) is 5.02 Å². The zero-order valence-electron chi connectivity index (χ0n) is 14.5. The van der Waals surface area contributed by atoms with Crippen LogP contribution in [0.15, 0.2) is 59.2 Å². The molecule has 3 rings (SSSR count). The van der Waals surface area contributed by atoms with Crippen molar-refractivity contribution in [1.82, 2.24) is 4.98 Å². The monoisotopic (exact) mass is 464 g/mol. The van der Waals surface area contributed by atoms with Crippen molar-refractivity contribution in [2.24, 2.45) is 0 Å². The van der Waals surface area contributed by atoms with Crippen molar-refractivity contribution in [1.29, 1.82) is 0 Å². The highest BCUT2D eigenvalue weighted by atomic mass is 79.9. The molecular formula is C20H18BrClN2O2S. The first-order valence-corrected chi connectivity index (χ1v) is 10.4. The summed E-state index contributed by atoms with van der Waals surface area (Å²) in [5, 5.41) is 4.18. The maximum absolute atomic E-state index is 12.1. The summed E-state index contributed by atoms with van der Waals surface area (Å²) in [6.07, 6.45) is 3.56. The molecule has 0 fully saturated rings. The SMILES string of the molecule is O=C(CCCOc1ccc(Br)cc1)Nc1ncc(Cc2cccc(Cl)c2)s1. The molecule has 1 aromatic heterocycles. The van der Waals surface area contributed by atoms with Gasteiger partial charge in [0.25, 0.3) is 0 Å². The van der Waals surface area contributed by atoms with Gasteiger partial charge in [-0.25, -0.2) is 4.98 Å². The van der Waals surface area contributed by atoms with Crippen molar-refractivity contribution < 1.29 is 9.53 Å². The number of halogens is 2. The summed E-state index contributed by atoms with van der Waals surface area (Å²) in [5.74, 6) is 0.738. The number of thiazole rings is 1. The molecule has 0 radical (unpaired) electrons. The molecule has 7 heteroatoms. The molecule has 0 aliphatic rings. The lowest BCUT2D eigenvalue weighted by Crippen LogP contribution is -2.12. The number of anilines is 1. The molecule has 0 bridgehead atoms. The van der Waals surface area contributed by atoms with Gasteiger partial charge >= 0.3 is 0 Å². The first-order chi connectivity index (χ1) is 13.1. The Balaban J connectivity index is 1.40. The van der Waals surface area contributed by atoms with Gasteiger partial charge in [-0.1, -0.05) is 39.7 Å². The lowest BCUT2D eigenvalue weighted by molar-refractivity contribution is -0.116. The molecule has 0 unspecified atom stereocenters. The van der Waals surface area contributed by atoms with Gasteiger partial charge in [-0.15, -0.1) is 11.3 Å². The number of aromatic nitrogens is 1. The topological polar surface area (TPSA) is 51.2 Å². The van der Waals surface area contributed by atoms with Gasteiger partial charge in [0.15, 0.2) is 5.13 Å². The van der Waals surface area contributed by atoms with E-state index in [1.54, 1.807) is 6.20 Å². The summed E-state index contributed by atoms with van der Waals surface area (Å²) in [6, 6.07) is 15.4. The Labute approximate surface area is 175 Å². The van der Waals surface area contributed by atoms with E-state index in [9.17, 15) is 4.79 Å². The lowest BCUT2D eigenvalue weighted by Gasteiger charge is -2.06. The van der Waals surface area contributed by atoms with E-state index < -0.39 is 0 Å². The predicted molar refractivity (Wildman–Crippen MR) is 114 cm³/mol. The molecule has 0 aliphatic heterocycles. The average Bonchev–Trinajstić information content (AvgIpc) is 3.07. The van der Waals surface area contributed by atoms with Crippen LogP contribution in [-0.2, 0) is 11.2 Å². The third kappa shape index (κ3) is 6.65. The number of ether oxygens (including phenoxy) is 1. The van der Waals surface area contributed by atoms with E-state index in [2.05, 4.69) is 26.2 Å². The Kier molecular flexibility index (Phi) is 7.26. The molecule has 1 amide bonds. The summed E-state index contributed by atoms with van der Waals surface area (Å²) in [7, 11) is 0. The van der Waals surface area contributed by atoms with Crippen LogP contribution in [0.3, 0.4) is 0 Å². The van der Waals surface area contributed by atoms with Crippen molar-refractivity contribution in [3.05, 3.63) is 74.7 Å². The van der Waals surface area contributed by atoms with Gasteiger partial charge in [0.1, 0.15) is 5.75 Å². The molecule has 27 heavy (non-hydrogen) atoms. The summed E-state index contributed by atoms with van der Waals surface area (Å²) >= 11 is 10.9. The van der Waals surface area contributed by atoms with Crippen molar-refractivity contribution in [3.8, 4) is 5.75 Å². The van der Waals surface area contributed by atoms with Crippen LogP contribution in [0.4, 0.5) is 5.13 Å². The van der Waals surface area contributed by atoms with Gasteiger partial charge in [-0.05, 0) is 48.4 Å². The smallest absolute Gasteiger partial charge is 0.226 e. The second-order valence-electron chi connectivity index (χ2n) is 5.89. The fourth-order valence-electron chi connectivity index (χ4n) is 2.43. The molecule has 3 aromatic rings. The summed E-state index contributed by atoms with van der Waals surface area (Å²) in [6.45, 7) is 0.493. The third-order valence-corrected chi connectivity index (χ3v) is 5.37. The number of benzene rings is 2. The number of rotatable bonds is 8. The minimum atomic E-state index is -0.0574. The maximum Gasteiger partial charge on any atom is 0.226 e. The molecular weight excluding hydrogens is 448 g/mol. The molecule has 0 saturated heterocycles. The van der Waals surface area contributed by atoms with Gasteiger partial charge in [-0.3, -0.25) is 4.79 Å². The second-order valence-corrected chi connectivity index (χ2v) is 8.36. The Morgan fingerprint density at radius 3 is 2.81 bits per heavy atom. The number of amides is 1. The van der Waals surface area contributed by atoms with Gasteiger partial charge in [0, 0.05) is 33.4 Å². The summed E-state index contributed by atoms with van der Waals surface area (Å²) in [4.78, 5) is 17.4. The quantitative estimate of drug-likeness (QED) is 0.418. The molecule has 1 heterocycles. The van der Waals surface area contributed by atoms with E-state index in [0.717, 1.165) is 32.1 Å². The van der Waals surface area contributed by atoms with Gasteiger partial charge in [0.2, 0.25) is 5.91 Å². The summed E-state index contributed by atoms with van der Waals surface area (Å²) in [5.41, 5.74) is 1.12. The number of carbonyl (C=O) groups excluding carboxylic acids is 1. The first-order valence-electron chi connectivity index (χ1n) is 8.46. The molecule has 0 aliphatic carbocycles. The number of nitrogens with zero attached hydrogens (tertiary/aromatic N) is 1. The number of hydrogen-bond acceptors (Lipinski definition) is 4. The van der Waals surface area contributed by atoms with E-state index in [-0.39, 0.29) is 5.91 Å². The van der Waals surface area contributed by atoms with Crippen LogP contribution >= 0.6 is 38.9 Å². The van der Waals surface area contributed by atoms with Crippen molar-refractivity contribution in [2.45, 2.75) is 19.3 Å². The highest BCUT2D eigenvalue weighted by Crippen LogP contribution is 2.23. The van der Waals surface area contributed by atoms with E-state index >= 15 is 0 Å². The minimum Gasteiger partial charge on any atom is -0.494 e. The number of nitrogens with one attached hydrogen (secondary N) is 1. The van der Waals surface area contributed by atoms with Crippen LogP contribution in [0.25, 0.3) is 0 Å². The van der Waals surface area contributed by atoms with Gasteiger partial charge in [0.05, 0.1) is 6.61 Å². The molecule has 0 spiro atoms. The normalized spacial score (nSPS) is 10.6. The predicted octanol–water partition coefficient (Wildman–Crippen LogP) is 5.95. The van der Waals surface area contributed by atoms with Crippen molar-refractivity contribution in [2.75, 3.05) is 11.9 Å². The standard InChI is InChI=1S/C20H18BrClN2O2S/c21-15-6-8-17(9-7-15)26-10-2-5-19(25)24-20-23-13-18(27-20)12-14-3-1-4-16(22)11-14/h1,3-4,6-9,11,13H,2,5,10,12H2,(H,23,24,25). The maximum atomic E-state index is 12.1. The van der Waals surface area contributed by atoms with Gasteiger partial charge in [-0.2, -0.15) is 0 Å². The molecule has 140 valence electrons. The first kappa shape index (κ1) is 19.9. The van der Waals surface area contributed by atoms with Crippen LogP contribution in [0.1, 0.15) is 23.3 Å². The van der Waals surface area contributed by atoms with Crippen LogP contribution in [0.5, 0.6) is 5.75 Å². The Morgan fingerprint density at radius 2 is 2.04 bits per heavy atom.